The molecule has 8 heteroatoms. The second kappa shape index (κ2) is 10.2. The predicted molar refractivity (Wildman–Crippen MR) is 168 cm³/mol. The van der Waals surface area contributed by atoms with Gasteiger partial charge in [-0.3, -0.25) is 0 Å². The monoisotopic (exact) mass is 558 g/mol. The lowest BCUT2D eigenvalue weighted by Gasteiger charge is -2.15. The zero-order valence-electron chi connectivity index (χ0n) is 24.2. The molecule has 0 spiro atoms. The Labute approximate surface area is 248 Å². The molecular weight excluding hydrogens is 532 g/mol. The molecule has 0 saturated carbocycles. The van der Waals surface area contributed by atoms with E-state index in [0.29, 0.717) is 40.5 Å². The van der Waals surface area contributed by atoms with Crippen molar-refractivity contribution in [3.63, 3.8) is 0 Å². The standard InChI is InChI=1S/C35H26N8/c1-20-37-21(2)40-34(39-20)27-14-16-32(30(17-27)35-41-22(3)38-23(4)42-35)43-31-8-6-5-7-28(31)29-15-13-26(18-33(29)43)25-11-9-24(19-36)10-12-25/h5-18H,1-4H3. The molecule has 43 heavy (non-hydrogen) atoms. The zero-order valence-corrected chi connectivity index (χ0v) is 24.2. The van der Waals surface area contributed by atoms with Crippen molar-refractivity contribution >= 4 is 21.8 Å². The van der Waals surface area contributed by atoms with Crippen molar-refractivity contribution in [1.82, 2.24) is 34.5 Å². The SMILES string of the molecule is Cc1nc(C)nc(-c2ccc(-n3c4ccccc4c4ccc(-c5ccc(C#N)cc5)cc43)c(-c3nc(C)nc(C)n3)c2)n1. The van der Waals surface area contributed by atoms with Crippen LogP contribution in [0.15, 0.2) is 84.9 Å². The number of para-hydroxylation sites is 1. The highest BCUT2D eigenvalue weighted by Crippen LogP contribution is 2.38. The van der Waals surface area contributed by atoms with Gasteiger partial charge in [-0.25, -0.2) is 29.9 Å². The summed E-state index contributed by atoms with van der Waals surface area (Å²) in [6.45, 7) is 7.50. The van der Waals surface area contributed by atoms with Gasteiger partial charge in [-0.15, -0.1) is 0 Å². The molecule has 0 aliphatic carbocycles. The summed E-state index contributed by atoms with van der Waals surface area (Å²) in [4.78, 5) is 27.6. The fourth-order valence-electron chi connectivity index (χ4n) is 5.68. The minimum atomic E-state index is 0.582. The summed E-state index contributed by atoms with van der Waals surface area (Å²) in [7, 11) is 0. The molecule has 3 heterocycles. The van der Waals surface area contributed by atoms with Gasteiger partial charge in [-0.1, -0.05) is 42.5 Å². The van der Waals surface area contributed by atoms with E-state index in [2.05, 4.69) is 85.2 Å². The maximum Gasteiger partial charge on any atom is 0.165 e. The number of nitriles is 1. The summed E-state index contributed by atoms with van der Waals surface area (Å²) in [5.41, 5.74) is 7.47. The Morgan fingerprint density at radius 1 is 0.535 bits per heavy atom. The Balaban J connectivity index is 1.53. The first-order valence-corrected chi connectivity index (χ1v) is 14.0. The van der Waals surface area contributed by atoms with Crippen LogP contribution in [-0.4, -0.2) is 34.5 Å². The maximum absolute atomic E-state index is 9.28. The molecule has 7 rings (SSSR count). The second-order valence-corrected chi connectivity index (χ2v) is 10.5. The summed E-state index contributed by atoms with van der Waals surface area (Å²) >= 11 is 0. The molecule has 0 fully saturated rings. The van der Waals surface area contributed by atoms with Crippen molar-refractivity contribution in [3.05, 3.63) is 114 Å². The molecule has 0 unspecified atom stereocenters. The summed E-state index contributed by atoms with van der Waals surface area (Å²) < 4.78 is 2.27. The number of aromatic nitrogens is 7. The predicted octanol–water partition coefficient (Wildman–Crippen LogP) is 7.26. The van der Waals surface area contributed by atoms with Gasteiger partial charge < -0.3 is 4.57 Å². The molecule has 0 atom stereocenters. The highest BCUT2D eigenvalue weighted by Gasteiger charge is 2.20. The van der Waals surface area contributed by atoms with Crippen molar-refractivity contribution < 1.29 is 0 Å². The summed E-state index contributed by atoms with van der Waals surface area (Å²) in [6.07, 6.45) is 0. The molecule has 0 N–H and O–H groups in total. The van der Waals surface area contributed by atoms with Crippen LogP contribution in [0.1, 0.15) is 28.9 Å². The Morgan fingerprint density at radius 2 is 1.12 bits per heavy atom. The van der Waals surface area contributed by atoms with E-state index in [1.54, 1.807) is 0 Å². The van der Waals surface area contributed by atoms with Gasteiger partial charge in [0.2, 0.25) is 0 Å². The minimum Gasteiger partial charge on any atom is -0.308 e. The average molecular weight is 559 g/mol. The first-order chi connectivity index (χ1) is 20.9. The highest BCUT2D eigenvalue weighted by atomic mass is 15.0. The normalized spacial score (nSPS) is 11.2. The summed E-state index contributed by atoms with van der Waals surface area (Å²) in [6, 6.07) is 31.0. The van der Waals surface area contributed by atoms with E-state index in [9.17, 15) is 5.26 Å². The number of aryl methyl sites for hydroxylation is 4. The fraction of sp³-hybridized carbons (Fsp3) is 0.114. The number of nitrogens with zero attached hydrogens (tertiary/aromatic N) is 8. The molecule has 0 amide bonds. The third-order valence-corrected chi connectivity index (χ3v) is 7.48. The Hall–Kier alpha value is -5.81. The minimum absolute atomic E-state index is 0.582. The Bertz CT molecular complexity index is 2200. The smallest absolute Gasteiger partial charge is 0.165 e. The third-order valence-electron chi connectivity index (χ3n) is 7.48. The van der Waals surface area contributed by atoms with Crippen LogP contribution in [0.25, 0.3) is 61.4 Å². The Kier molecular flexibility index (Phi) is 6.21. The first kappa shape index (κ1) is 26.1. The molecule has 0 bridgehead atoms. The molecule has 7 aromatic rings. The lowest BCUT2D eigenvalue weighted by molar-refractivity contribution is 0.924. The van der Waals surface area contributed by atoms with E-state index in [1.807, 2.05) is 58.0 Å². The van der Waals surface area contributed by atoms with Gasteiger partial charge in [0.25, 0.3) is 0 Å². The molecule has 3 aromatic heterocycles. The van der Waals surface area contributed by atoms with E-state index in [1.165, 1.54) is 0 Å². The van der Waals surface area contributed by atoms with Crippen LogP contribution in [0.3, 0.4) is 0 Å². The third kappa shape index (κ3) is 4.67. The van der Waals surface area contributed by atoms with E-state index in [-0.39, 0.29) is 0 Å². The van der Waals surface area contributed by atoms with Gasteiger partial charge >= 0.3 is 0 Å². The van der Waals surface area contributed by atoms with E-state index < -0.39 is 0 Å². The Morgan fingerprint density at radius 3 is 1.79 bits per heavy atom. The molecule has 206 valence electrons. The summed E-state index contributed by atoms with van der Waals surface area (Å²) in [5.74, 6) is 3.81. The maximum atomic E-state index is 9.28. The highest BCUT2D eigenvalue weighted by molar-refractivity contribution is 6.10. The van der Waals surface area contributed by atoms with Crippen LogP contribution in [0, 0.1) is 39.0 Å². The van der Waals surface area contributed by atoms with Crippen LogP contribution < -0.4 is 0 Å². The number of fused-ring (bicyclic) bond motifs is 3. The average Bonchev–Trinajstić information content (AvgIpc) is 3.33. The molecule has 0 aliphatic rings. The zero-order chi connectivity index (χ0) is 29.7. The fourth-order valence-corrected chi connectivity index (χ4v) is 5.68. The first-order valence-electron chi connectivity index (χ1n) is 14.0. The van der Waals surface area contributed by atoms with Crippen molar-refractivity contribution in [3.8, 4) is 45.7 Å². The number of hydrogen-bond donors (Lipinski definition) is 0. The summed E-state index contributed by atoms with van der Waals surface area (Å²) in [5, 5.41) is 11.6. The van der Waals surface area contributed by atoms with Crippen molar-refractivity contribution in [2.45, 2.75) is 27.7 Å². The second-order valence-electron chi connectivity index (χ2n) is 10.5. The van der Waals surface area contributed by atoms with Gasteiger partial charge in [-0.2, -0.15) is 5.26 Å². The number of hydrogen-bond acceptors (Lipinski definition) is 7. The van der Waals surface area contributed by atoms with E-state index in [0.717, 1.165) is 49.7 Å². The molecule has 4 aromatic carbocycles. The van der Waals surface area contributed by atoms with Gasteiger partial charge in [0.1, 0.15) is 23.3 Å². The van der Waals surface area contributed by atoms with Gasteiger partial charge in [0.15, 0.2) is 11.6 Å². The van der Waals surface area contributed by atoms with Crippen LogP contribution >= 0.6 is 0 Å². The van der Waals surface area contributed by atoms with Crippen LogP contribution in [0.4, 0.5) is 0 Å². The van der Waals surface area contributed by atoms with Crippen LogP contribution in [0.5, 0.6) is 0 Å². The molecule has 0 saturated heterocycles. The molecule has 0 aliphatic heterocycles. The topological polar surface area (TPSA) is 106 Å². The van der Waals surface area contributed by atoms with Gasteiger partial charge in [0.05, 0.1) is 28.4 Å². The van der Waals surface area contributed by atoms with Gasteiger partial charge in [0, 0.05) is 21.9 Å². The molecule has 8 nitrogen and oxygen atoms in total. The quantitative estimate of drug-likeness (QED) is 0.224. The van der Waals surface area contributed by atoms with E-state index in [4.69, 9.17) is 9.97 Å². The van der Waals surface area contributed by atoms with Crippen LogP contribution in [0.2, 0.25) is 0 Å². The van der Waals surface area contributed by atoms with Crippen LogP contribution in [-0.2, 0) is 0 Å². The lowest BCUT2D eigenvalue weighted by atomic mass is 10.0. The van der Waals surface area contributed by atoms with Gasteiger partial charge in [-0.05, 0) is 81.3 Å². The molecular formula is C35H26N8. The number of benzene rings is 4. The molecule has 0 radical (unpaired) electrons. The lowest BCUT2D eigenvalue weighted by Crippen LogP contribution is -2.04. The number of rotatable bonds is 4. The van der Waals surface area contributed by atoms with Crippen molar-refractivity contribution in [2.75, 3.05) is 0 Å². The van der Waals surface area contributed by atoms with Crippen molar-refractivity contribution in [1.29, 1.82) is 5.26 Å². The van der Waals surface area contributed by atoms with Crippen molar-refractivity contribution in [2.24, 2.45) is 0 Å². The largest absolute Gasteiger partial charge is 0.308 e. The van der Waals surface area contributed by atoms with E-state index >= 15 is 0 Å².